The normalized spacial score (nSPS) is 12.4. The number of nitrogens with one attached hydrogen (secondary N) is 1. The molecule has 1 heterocycles. The molecular formula is C15H20FN3O. The summed E-state index contributed by atoms with van der Waals surface area (Å²) in [5.74, 6) is -0.158. The topological polar surface area (TPSA) is 60.2 Å². The van der Waals surface area contributed by atoms with Crippen LogP contribution in [-0.4, -0.2) is 24.7 Å². The van der Waals surface area contributed by atoms with Crippen molar-refractivity contribution < 1.29 is 9.13 Å². The molecule has 108 valence electrons. The first-order valence-electron chi connectivity index (χ1n) is 6.75. The summed E-state index contributed by atoms with van der Waals surface area (Å²) in [6, 6.07) is 5.31. The van der Waals surface area contributed by atoms with Gasteiger partial charge in [-0.25, -0.2) is 4.39 Å². The van der Waals surface area contributed by atoms with Crippen molar-refractivity contribution in [1.29, 1.82) is 0 Å². The van der Waals surface area contributed by atoms with Crippen molar-refractivity contribution in [3.8, 4) is 5.75 Å². The van der Waals surface area contributed by atoms with Gasteiger partial charge in [-0.15, -0.1) is 0 Å². The van der Waals surface area contributed by atoms with Crippen LogP contribution in [0.4, 0.5) is 10.1 Å². The van der Waals surface area contributed by atoms with Crippen LogP contribution >= 0.6 is 0 Å². The van der Waals surface area contributed by atoms with Crippen molar-refractivity contribution in [2.75, 3.05) is 19.0 Å². The van der Waals surface area contributed by atoms with Crippen molar-refractivity contribution >= 4 is 16.6 Å². The smallest absolute Gasteiger partial charge is 0.174 e. The summed E-state index contributed by atoms with van der Waals surface area (Å²) in [5.41, 5.74) is 6.91. The molecule has 1 atom stereocenters. The van der Waals surface area contributed by atoms with Crippen molar-refractivity contribution in [3.05, 3.63) is 30.2 Å². The lowest BCUT2D eigenvalue weighted by molar-refractivity contribution is 0.389. The van der Waals surface area contributed by atoms with Gasteiger partial charge in [-0.1, -0.05) is 0 Å². The third kappa shape index (κ3) is 2.99. The lowest BCUT2D eigenvalue weighted by Gasteiger charge is -2.17. The van der Waals surface area contributed by atoms with Gasteiger partial charge in [0.15, 0.2) is 11.6 Å². The zero-order valence-corrected chi connectivity index (χ0v) is 11.8. The van der Waals surface area contributed by atoms with E-state index in [1.165, 1.54) is 7.11 Å². The summed E-state index contributed by atoms with van der Waals surface area (Å²) in [7, 11) is 1.46. The largest absolute Gasteiger partial charge is 0.494 e. The fourth-order valence-corrected chi connectivity index (χ4v) is 2.21. The maximum atomic E-state index is 14.2. The van der Waals surface area contributed by atoms with E-state index in [9.17, 15) is 4.39 Å². The van der Waals surface area contributed by atoms with Gasteiger partial charge in [-0.05, 0) is 38.4 Å². The number of methoxy groups -OCH3 is 1. The average molecular weight is 277 g/mol. The van der Waals surface area contributed by atoms with Crippen LogP contribution in [0.15, 0.2) is 24.4 Å². The molecule has 1 unspecified atom stereocenters. The Bertz CT molecular complexity index is 589. The maximum absolute atomic E-state index is 14.2. The molecule has 0 aliphatic heterocycles. The SMILES string of the molecule is COc1cc(NC(C)CCCN)c2ncccc2c1F. The van der Waals surface area contributed by atoms with Crippen LogP contribution in [0.25, 0.3) is 10.9 Å². The fraction of sp³-hybridized carbons (Fsp3) is 0.400. The molecule has 0 saturated heterocycles. The number of halogens is 1. The standard InChI is InChI=1S/C15H20FN3O/c1-10(5-3-7-17)19-12-9-13(20-2)14(16)11-6-4-8-18-15(11)12/h4,6,8-10,19H,3,5,7,17H2,1-2H3. The Morgan fingerprint density at radius 1 is 1.50 bits per heavy atom. The van der Waals surface area contributed by atoms with E-state index in [0.717, 1.165) is 18.5 Å². The van der Waals surface area contributed by atoms with Crippen molar-refractivity contribution in [1.82, 2.24) is 4.98 Å². The minimum absolute atomic E-state index is 0.221. The predicted octanol–water partition coefficient (Wildman–Crippen LogP) is 2.92. The van der Waals surface area contributed by atoms with E-state index in [1.54, 1.807) is 24.4 Å². The molecule has 20 heavy (non-hydrogen) atoms. The van der Waals surface area contributed by atoms with Crippen molar-refractivity contribution in [2.45, 2.75) is 25.8 Å². The van der Waals surface area contributed by atoms with Crippen LogP contribution in [-0.2, 0) is 0 Å². The van der Waals surface area contributed by atoms with Crippen LogP contribution in [0.2, 0.25) is 0 Å². The van der Waals surface area contributed by atoms with Gasteiger partial charge in [-0.2, -0.15) is 0 Å². The highest BCUT2D eigenvalue weighted by molar-refractivity contribution is 5.92. The molecule has 0 spiro atoms. The maximum Gasteiger partial charge on any atom is 0.174 e. The van der Waals surface area contributed by atoms with Crippen molar-refractivity contribution in [2.24, 2.45) is 5.73 Å². The summed E-state index contributed by atoms with van der Waals surface area (Å²) < 4.78 is 19.3. The molecule has 0 aliphatic rings. The number of benzene rings is 1. The van der Waals surface area contributed by atoms with Gasteiger partial charge < -0.3 is 15.8 Å². The first-order valence-corrected chi connectivity index (χ1v) is 6.75. The number of hydrogen-bond donors (Lipinski definition) is 2. The third-order valence-electron chi connectivity index (χ3n) is 3.25. The van der Waals surface area contributed by atoms with E-state index in [-0.39, 0.29) is 17.6 Å². The molecule has 0 radical (unpaired) electrons. The van der Waals surface area contributed by atoms with E-state index in [1.807, 2.05) is 0 Å². The zero-order valence-electron chi connectivity index (χ0n) is 11.8. The van der Waals surface area contributed by atoms with E-state index in [4.69, 9.17) is 10.5 Å². The zero-order chi connectivity index (χ0) is 14.5. The van der Waals surface area contributed by atoms with E-state index in [0.29, 0.717) is 17.4 Å². The second kappa shape index (κ2) is 6.52. The second-order valence-electron chi connectivity index (χ2n) is 4.82. The number of hydrogen-bond acceptors (Lipinski definition) is 4. The van der Waals surface area contributed by atoms with Crippen LogP contribution in [0.3, 0.4) is 0 Å². The number of ether oxygens (including phenoxy) is 1. The van der Waals surface area contributed by atoms with Crippen LogP contribution in [0.1, 0.15) is 19.8 Å². The lowest BCUT2D eigenvalue weighted by Crippen LogP contribution is -2.17. The highest BCUT2D eigenvalue weighted by atomic mass is 19.1. The quantitative estimate of drug-likeness (QED) is 0.852. The Morgan fingerprint density at radius 2 is 2.30 bits per heavy atom. The number of aromatic nitrogens is 1. The Labute approximate surface area is 118 Å². The number of anilines is 1. The molecule has 2 rings (SSSR count). The minimum Gasteiger partial charge on any atom is -0.494 e. The average Bonchev–Trinajstić information content (AvgIpc) is 2.48. The molecular weight excluding hydrogens is 257 g/mol. The van der Waals surface area contributed by atoms with Crippen molar-refractivity contribution in [3.63, 3.8) is 0 Å². The monoisotopic (exact) mass is 277 g/mol. The van der Waals surface area contributed by atoms with Gasteiger partial charge in [-0.3, -0.25) is 4.98 Å². The molecule has 0 fully saturated rings. The van der Waals surface area contributed by atoms with Gasteiger partial charge in [0.25, 0.3) is 0 Å². The molecule has 0 saturated carbocycles. The van der Waals surface area contributed by atoms with Crippen LogP contribution in [0.5, 0.6) is 5.75 Å². The third-order valence-corrected chi connectivity index (χ3v) is 3.25. The van der Waals surface area contributed by atoms with Gasteiger partial charge in [0.05, 0.1) is 18.3 Å². The Hall–Kier alpha value is -1.88. The van der Waals surface area contributed by atoms with Crippen LogP contribution in [0, 0.1) is 5.82 Å². The summed E-state index contributed by atoms with van der Waals surface area (Å²) in [6.07, 6.45) is 3.55. The molecule has 2 aromatic rings. The molecule has 3 N–H and O–H groups in total. The number of nitrogens with two attached hydrogens (primary N) is 1. The number of pyridine rings is 1. The fourth-order valence-electron chi connectivity index (χ4n) is 2.21. The van der Waals surface area contributed by atoms with Gasteiger partial charge >= 0.3 is 0 Å². The number of fused-ring (bicyclic) bond motifs is 1. The van der Waals surface area contributed by atoms with E-state index in [2.05, 4.69) is 17.2 Å². The Balaban J connectivity index is 2.39. The molecule has 0 aliphatic carbocycles. The highest BCUT2D eigenvalue weighted by Crippen LogP contribution is 2.32. The van der Waals surface area contributed by atoms with E-state index >= 15 is 0 Å². The molecule has 4 nitrogen and oxygen atoms in total. The summed E-state index contributed by atoms with van der Waals surface area (Å²) in [4.78, 5) is 4.27. The number of rotatable bonds is 6. The van der Waals surface area contributed by atoms with Crippen LogP contribution < -0.4 is 15.8 Å². The predicted molar refractivity (Wildman–Crippen MR) is 79.6 cm³/mol. The number of nitrogens with zero attached hydrogens (tertiary/aromatic N) is 1. The molecule has 5 heteroatoms. The first-order chi connectivity index (χ1) is 9.67. The molecule has 0 bridgehead atoms. The van der Waals surface area contributed by atoms with Gasteiger partial charge in [0.1, 0.15) is 0 Å². The first kappa shape index (κ1) is 14.5. The second-order valence-corrected chi connectivity index (χ2v) is 4.82. The molecule has 0 amide bonds. The highest BCUT2D eigenvalue weighted by Gasteiger charge is 2.14. The summed E-state index contributed by atoms with van der Waals surface area (Å²) in [6.45, 7) is 2.73. The summed E-state index contributed by atoms with van der Waals surface area (Å²) in [5, 5.41) is 3.82. The van der Waals surface area contributed by atoms with E-state index < -0.39 is 0 Å². The molecule has 1 aromatic heterocycles. The lowest BCUT2D eigenvalue weighted by atomic mass is 10.1. The summed E-state index contributed by atoms with van der Waals surface area (Å²) >= 11 is 0. The Kier molecular flexibility index (Phi) is 4.74. The van der Waals surface area contributed by atoms with Gasteiger partial charge in [0.2, 0.25) is 0 Å². The minimum atomic E-state index is -0.379. The van der Waals surface area contributed by atoms with Gasteiger partial charge in [0, 0.05) is 23.7 Å². The molecule has 1 aromatic carbocycles. The Morgan fingerprint density at radius 3 is 3.00 bits per heavy atom.